The molecule has 2 aromatic carbocycles. The third-order valence-electron chi connectivity index (χ3n) is 4.88. The van der Waals surface area contributed by atoms with Crippen molar-refractivity contribution < 1.29 is 9.18 Å². The van der Waals surface area contributed by atoms with Crippen LogP contribution in [0.2, 0.25) is 10.0 Å². The van der Waals surface area contributed by atoms with Crippen LogP contribution in [0.1, 0.15) is 30.3 Å². The Morgan fingerprint density at radius 1 is 1.17 bits per heavy atom. The summed E-state index contributed by atoms with van der Waals surface area (Å²) in [5.41, 5.74) is 1.12. The number of hydrogen-bond acceptors (Lipinski definition) is 3. The van der Waals surface area contributed by atoms with Crippen molar-refractivity contribution in [1.82, 2.24) is 19.7 Å². The fourth-order valence-corrected chi connectivity index (χ4v) is 3.76. The van der Waals surface area contributed by atoms with E-state index in [0.29, 0.717) is 23.9 Å². The summed E-state index contributed by atoms with van der Waals surface area (Å²) in [6, 6.07) is 11.0. The molecule has 1 N–H and O–H groups in total. The number of hydrogen-bond donors (Lipinski definition) is 1. The lowest BCUT2D eigenvalue weighted by Crippen LogP contribution is -2.36. The number of amides is 2. The summed E-state index contributed by atoms with van der Waals surface area (Å²) in [5, 5.41) is 7.89. The molecule has 1 fully saturated rings. The number of rotatable bonds is 4. The van der Waals surface area contributed by atoms with E-state index in [1.54, 1.807) is 9.58 Å². The molecule has 0 spiro atoms. The third kappa shape index (κ3) is 4.36. The molecule has 6 nitrogen and oxygen atoms in total. The standard InChI is InChI=1S/C20H18Cl2FN5O/c21-14-5-3-13(4-6-14)11-28-19(24-12-25-28)18-2-1-9-27(18)20(29)26-17-8-7-15(22)10-16(17)23/h3-8,10,12,18H,1-2,9,11H2,(H,26,29)/t18-/m1/s1. The van der Waals surface area contributed by atoms with Crippen LogP contribution in [-0.4, -0.2) is 32.2 Å². The molecular formula is C20H18Cl2FN5O. The molecule has 1 aliphatic heterocycles. The van der Waals surface area contributed by atoms with Crippen LogP contribution < -0.4 is 5.32 Å². The van der Waals surface area contributed by atoms with Crippen molar-refractivity contribution in [2.75, 3.05) is 11.9 Å². The van der Waals surface area contributed by atoms with E-state index in [1.165, 1.54) is 24.5 Å². The summed E-state index contributed by atoms with van der Waals surface area (Å²) in [7, 11) is 0. The first-order valence-corrected chi connectivity index (χ1v) is 9.91. The fraction of sp³-hybridized carbons (Fsp3) is 0.250. The molecule has 29 heavy (non-hydrogen) atoms. The first-order valence-electron chi connectivity index (χ1n) is 9.16. The zero-order valence-electron chi connectivity index (χ0n) is 15.4. The zero-order chi connectivity index (χ0) is 20.4. The number of anilines is 1. The number of nitrogens with zero attached hydrogens (tertiary/aromatic N) is 4. The Balaban J connectivity index is 1.52. The molecule has 1 aromatic heterocycles. The molecule has 0 bridgehead atoms. The average molecular weight is 434 g/mol. The minimum absolute atomic E-state index is 0.0904. The lowest BCUT2D eigenvalue weighted by Gasteiger charge is -2.25. The SMILES string of the molecule is O=C(Nc1ccc(Cl)cc1F)N1CCC[C@@H]1c1ncnn1Cc1ccc(Cl)cc1. The molecule has 0 radical (unpaired) electrons. The fourth-order valence-electron chi connectivity index (χ4n) is 3.47. The number of carbonyl (C=O) groups excluding carboxylic acids is 1. The normalized spacial score (nSPS) is 16.2. The van der Waals surface area contributed by atoms with Crippen molar-refractivity contribution in [3.05, 3.63) is 76.0 Å². The van der Waals surface area contributed by atoms with Gasteiger partial charge in [0.2, 0.25) is 0 Å². The molecule has 4 rings (SSSR count). The molecule has 1 aliphatic rings. The number of aromatic nitrogens is 3. The zero-order valence-corrected chi connectivity index (χ0v) is 16.9. The van der Waals surface area contributed by atoms with Gasteiger partial charge in [0.05, 0.1) is 18.3 Å². The molecular weight excluding hydrogens is 416 g/mol. The summed E-state index contributed by atoms with van der Waals surface area (Å²) in [6.07, 6.45) is 3.07. The van der Waals surface area contributed by atoms with Gasteiger partial charge in [0.25, 0.3) is 0 Å². The molecule has 2 heterocycles. The topological polar surface area (TPSA) is 63.1 Å². The number of benzene rings is 2. The van der Waals surface area contributed by atoms with Crippen LogP contribution in [0, 0.1) is 5.82 Å². The monoisotopic (exact) mass is 433 g/mol. The van der Waals surface area contributed by atoms with Gasteiger partial charge in [-0.15, -0.1) is 0 Å². The van der Waals surface area contributed by atoms with Gasteiger partial charge >= 0.3 is 6.03 Å². The minimum atomic E-state index is -0.576. The molecule has 0 unspecified atom stereocenters. The molecule has 1 saturated heterocycles. The Bertz CT molecular complexity index is 1020. The van der Waals surface area contributed by atoms with Crippen molar-refractivity contribution in [1.29, 1.82) is 0 Å². The Hall–Kier alpha value is -2.64. The third-order valence-corrected chi connectivity index (χ3v) is 5.36. The predicted octanol–water partition coefficient (Wildman–Crippen LogP) is 5.14. The second-order valence-electron chi connectivity index (χ2n) is 6.81. The van der Waals surface area contributed by atoms with E-state index in [0.717, 1.165) is 18.4 Å². The summed E-state index contributed by atoms with van der Waals surface area (Å²) in [5.74, 6) is 0.122. The average Bonchev–Trinajstić information content (AvgIpc) is 3.34. The molecule has 9 heteroatoms. The summed E-state index contributed by atoms with van der Waals surface area (Å²) in [4.78, 5) is 18.9. The second-order valence-corrected chi connectivity index (χ2v) is 7.68. The summed E-state index contributed by atoms with van der Waals surface area (Å²) < 4.78 is 15.8. The van der Waals surface area contributed by atoms with Crippen molar-refractivity contribution in [2.45, 2.75) is 25.4 Å². The number of halogens is 3. The van der Waals surface area contributed by atoms with Crippen LogP contribution in [0.4, 0.5) is 14.9 Å². The van der Waals surface area contributed by atoms with Crippen LogP contribution in [0.3, 0.4) is 0 Å². The summed E-state index contributed by atoms with van der Waals surface area (Å²) >= 11 is 11.7. The van der Waals surface area contributed by atoms with Crippen LogP contribution >= 0.6 is 23.2 Å². The van der Waals surface area contributed by atoms with Crippen molar-refractivity contribution in [3.63, 3.8) is 0 Å². The van der Waals surface area contributed by atoms with Crippen molar-refractivity contribution in [3.8, 4) is 0 Å². The largest absolute Gasteiger partial charge is 0.322 e. The Morgan fingerprint density at radius 3 is 2.69 bits per heavy atom. The van der Waals surface area contributed by atoms with Crippen LogP contribution in [0.25, 0.3) is 0 Å². The van der Waals surface area contributed by atoms with Gasteiger partial charge < -0.3 is 10.2 Å². The lowest BCUT2D eigenvalue weighted by molar-refractivity contribution is 0.203. The van der Waals surface area contributed by atoms with Gasteiger partial charge in [-0.25, -0.2) is 18.9 Å². The number of carbonyl (C=O) groups is 1. The Kier molecular flexibility index (Phi) is 5.69. The molecule has 0 aliphatic carbocycles. The van der Waals surface area contributed by atoms with Gasteiger partial charge in [-0.3, -0.25) is 0 Å². The highest BCUT2D eigenvalue weighted by atomic mass is 35.5. The van der Waals surface area contributed by atoms with E-state index in [1.807, 2.05) is 24.3 Å². The predicted molar refractivity (Wildman–Crippen MR) is 110 cm³/mol. The first-order chi connectivity index (χ1) is 14.0. The maximum atomic E-state index is 14.0. The van der Waals surface area contributed by atoms with Gasteiger partial charge in [0.1, 0.15) is 18.0 Å². The van der Waals surface area contributed by atoms with Gasteiger partial charge in [-0.05, 0) is 48.7 Å². The molecule has 0 saturated carbocycles. The maximum Gasteiger partial charge on any atom is 0.322 e. The molecule has 150 valence electrons. The first kappa shape index (κ1) is 19.7. The highest BCUT2D eigenvalue weighted by Gasteiger charge is 2.33. The molecule has 3 aromatic rings. The van der Waals surface area contributed by atoms with Crippen molar-refractivity contribution in [2.24, 2.45) is 0 Å². The molecule has 2 amide bonds. The Labute approximate surface area is 177 Å². The van der Waals surface area contributed by atoms with Crippen LogP contribution in [-0.2, 0) is 6.54 Å². The minimum Gasteiger partial charge on any atom is -0.314 e. The Morgan fingerprint density at radius 2 is 1.93 bits per heavy atom. The molecule has 1 atom stereocenters. The maximum absolute atomic E-state index is 14.0. The number of likely N-dealkylation sites (tertiary alicyclic amines) is 1. The van der Waals surface area contributed by atoms with E-state index in [9.17, 15) is 9.18 Å². The van der Waals surface area contributed by atoms with E-state index < -0.39 is 5.82 Å². The van der Waals surface area contributed by atoms with Gasteiger partial charge in [0, 0.05) is 16.6 Å². The van der Waals surface area contributed by atoms with E-state index in [4.69, 9.17) is 23.2 Å². The highest BCUT2D eigenvalue weighted by molar-refractivity contribution is 6.30. The van der Waals surface area contributed by atoms with E-state index in [-0.39, 0.29) is 22.8 Å². The van der Waals surface area contributed by atoms with Crippen molar-refractivity contribution >= 4 is 34.9 Å². The van der Waals surface area contributed by atoms with E-state index in [2.05, 4.69) is 15.4 Å². The number of nitrogens with one attached hydrogen (secondary N) is 1. The smallest absolute Gasteiger partial charge is 0.314 e. The van der Waals surface area contributed by atoms with Gasteiger partial charge in [0.15, 0.2) is 0 Å². The van der Waals surface area contributed by atoms with E-state index >= 15 is 0 Å². The number of urea groups is 1. The van der Waals surface area contributed by atoms with Gasteiger partial charge in [-0.2, -0.15) is 5.10 Å². The lowest BCUT2D eigenvalue weighted by atomic mass is 10.2. The van der Waals surface area contributed by atoms with Gasteiger partial charge in [-0.1, -0.05) is 35.3 Å². The highest BCUT2D eigenvalue weighted by Crippen LogP contribution is 2.32. The van der Waals surface area contributed by atoms with Crippen LogP contribution in [0.15, 0.2) is 48.8 Å². The quantitative estimate of drug-likeness (QED) is 0.619. The second kappa shape index (κ2) is 8.39. The van der Waals surface area contributed by atoms with Crippen LogP contribution in [0.5, 0.6) is 0 Å². The summed E-state index contributed by atoms with van der Waals surface area (Å²) in [6.45, 7) is 1.07.